The number of thioether (sulfide) groups is 1. The van der Waals surface area contributed by atoms with E-state index in [-0.39, 0.29) is 24.0 Å². The molecule has 0 saturated carbocycles. The van der Waals surface area contributed by atoms with Crippen LogP contribution >= 0.6 is 47.1 Å². The molecule has 0 unspecified atom stereocenters. The number of nitrogens with one attached hydrogen (secondary N) is 2. The van der Waals surface area contributed by atoms with E-state index in [1.54, 1.807) is 11.8 Å². The van der Waals surface area contributed by atoms with E-state index in [4.69, 9.17) is 0 Å². The van der Waals surface area contributed by atoms with Crippen LogP contribution in [-0.4, -0.2) is 18.8 Å². The van der Waals surface area contributed by atoms with Gasteiger partial charge < -0.3 is 10.6 Å². The lowest BCUT2D eigenvalue weighted by molar-refractivity contribution is 0.823. The van der Waals surface area contributed by atoms with Crippen molar-refractivity contribution in [3.05, 3.63) is 51.7 Å². The number of aliphatic imine (C=N–C) groups is 1. The minimum absolute atomic E-state index is 0. The summed E-state index contributed by atoms with van der Waals surface area (Å²) in [5.41, 5.74) is 1.22. The van der Waals surface area contributed by atoms with Gasteiger partial charge in [0.1, 0.15) is 0 Å². The summed E-state index contributed by atoms with van der Waals surface area (Å²) in [6.07, 6.45) is 2.09. The van der Waals surface area contributed by atoms with Crippen LogP contribution in [0.3, 0.4) is 0 Å². The fourth-order valence-electron chi connectivity index (χ4n) is 1.99. The standard InChI is InChI=1S/C17H23N3S2.HI/c1-4-18-17(20-12-16-8-5-13(2)22-16)19-11-14-6-9-15(21-3)10-7-14;/h5-10H,4,11-12H2,1-3H3,(H2,18,19,20);1H. The second-order valence-electron chi connectivity index (χ2n) is 4.91. The van der Waals surface area contributed by atoms with E-state index in [2.05, 4.69) is 72.1 Å². The predicted molar refractivity (Wildman–Crippen MR) is 114 cm³/mol. The first-order valence-electron chi connectivity index (χ1n) is 7.41. The monoisotopic (exact) mass is 461 g/mol. The van der Waals surface area contributed by atoms with E-state index in [1.165, 1.54) is 20.2 Å². The molecule has 0 aliphatic carbocycles. The summed E-state index contributed by atoms with van der Waals surface area (Å²) in [5.74, 6) is 0.863. The van der Waals surface area contributed by atoms with Gasteiger partial charge in [0, 0.05) is 21.2 Å². The average Bonchev–Trinajstić information content (AvgIpc) is 2.96. The molecular weight excluding hydrogens is 437 g/mol. The van der Waals surface area contributed by atoms with Gasteiger partial charge in [-0.15, -0.1) is 47.1 Å². The second-order valence-corrected chi connectivity index (χ2v) is 7.16. The number of rotatable bonds is 6. The van der Waals surface area contributed by atoms with Gasteiger partial charge in [-0.25, -0.2) is 4.99 Å². The van der Waals surface area contributed by atoms with E-state index in [9.17, 15) is 0 Å². The molecule has 2 rings (SSSR count). The van der Waals surface area contributed by atoms with Crippen LogP contribution in [0.1, 0.15) is 22.2 Å². The maximum absolute atomic E-state index is 4.65. The van der Waals surface area contributed by atoms with Crippen molar-refractivity contribution < 1.29 is 0 Å². The summed E-state index contributed by atoms with van der Waals surface area (Å²) in [6.45, 7) is 6.58. The summed E-state index contributed by atoms with van der Waals surface area (Å²) in [7, 11) is 0. The molecule has 126 valence electrons. The second kappa shape index (κ2) is 10.9. The SMILES string of the molecule is CCNC(=NCc1ccc(SC)cc1)NCc1ccc(C)s1.I. The first kappa shape index (κ1) is 20.3. The average molecular weight is 461 g/mol. The highest BCUT2D eigenvalue weighted by atomic mass is 127. The van der Waals surface area contributed by atoms with Crippen molar-refractivity contribution in [1.82, 2.24) is 10.6 Å². The Hall–Kier alpha value is -0.730. The number of benzene rings is 1. The number of guanidine groups is 1. The maximum atomic E-state index is 4.65. The normalized spacial score (nSPS) is 11.0. The van der Waals surface area contributed by atoms with Crippen LogP contribution in [0.5, 0.6) is 0 Å². The summed E-state index contributed by atoms with van der Waals surface area (Å²) >= 11 is 3.58. The molecule has 1 aromatic carbocycles. The fraction of sp³-hybridized carbons (Fsp3) is 0.353. The largest absolute Gasteiger partial charge is 0.357 e. The Labute approximate surface area is 164 Å². The first-order valence-corrected chi connectivity index (χ1v) is 9.46. The number of thiophene rings is 1. The summed E-state index contributed by atoms with van der Waals surface area (Å²) < 4.78 is 0. The van der Waals surface area contributed by atoms with Crippen molar-refractivity contribution >= 4 is 53.0 Å². The van der Waals surface area contributed by atoms with Crippen LogP contribution in [0.4, 0.5) is 0 Å². The Balaban J connectivity index is 0.00000264. The molecule has 0 aliphatic heterocycles. The Morgan fingerprint density at radius 1 is 1.13 bits per heavy atom. The minimum Gasteiger partial charge on any atom is -0.357 e. The van der Waals surface area contributed by atoms with Crippen molar-refractivity contribution in [1.29, 1.82) is 0 Å². The Kier molecular flexibility index (Phi) is 9.66. The van der Waals surface area contributed by atoms with E-state index >= 15 is 0 Å². The van der Waals surface area contributed by atoms with Crippen molar-refractivity contribution in [2.75, 3.05) is 12.8 Å². The van der Waals surface area contributed by atoms with Gasteiger partial charge in [0.15, 0.2) is 5.96 Å². The molecule has 2 aromatic rings. The van der Waals surface area contributed by atoms with Crippen LogP contribution in [0.2, 0.25) is 0 Å². The van der Waals surface area contributed by atoms with Gasteiger partial charge in [-0.3, -0.25) is 0 Å². The zero-order valence-electron chi connectivity index (χ0n) is 13.8. The third-order valence-electron chi connectivity index (χ3n) is 3.15. The van der Waals surface area contributed by atoms with Gasteiger partial charge in [0.2, 0.25) is 0 Å². The molecule has 0 saturated heterocycles. The molecule has 2 N–H and O–H groups in total. The summed E-state index contributed by atoms with van der Waals surface area (Å²) in [6, 6.07) is 12.9. The van der Waals surface area contributed by atoms with Crippen molar-refractivity contribution in [3.63, 3.8) is 0 Å². The third kappa shape index (κ3) is 7.14. The highest BCUT2D eigenvalue weighted by Gasteiger charge is 2.00. The van der Waals surface area contributed by atoms with Gasteiger partial charge in [0.05, 0.1) is 13.1 Å². The molecule has 0 bridgehead atoms. The smallest absolute Gasteiger partial charge is 0.191 e. The number of hydrogen-bond acceptors (Lipinski definition) is 3. The lowest BCUT2D eigenvalue weighted by Gasteiger charge is -2.10. The molecular formula is C17H24IN3S2. The van der Waals surface area contributed by atoms with Gasteiger partial charge in [-0.2, -0.15) is 0 Å². The zero-order chi connectivity index (χ0) is 15.8. The van der Waals surface area contributed by atoms with Gasteiger partial charge in [-0.1, -0.05) is 12.1 Å². The maximum Gasteiger partial charge on any atom is 0.191 e. The number of halogens is 1. The van der Waals surface area contributed by atoms with E-state index < -0.39 is 0 Å². The van der Waals surface area contributed by atoms with Crippen molar-refractivity contribution in [2.24, 2.45) is 4.99 Å². The van der Waals surface area contributed by atoms with Gasteiger partial charge in [0.25, 0.3) is 0 Å². The Morgan fingerprint density at radius 3 is 2.43 bits per heavy atom. The molecule has 0 amide bonds. The number of hydrogen-bond donors (Lipinski definition) is 2. The third-order valence-corrected chi connectivity index (χ3v) is 4.89. The lowest BCUT2D eigenvalue weighted by atomic mass is 10.2. The van der Waals surface area contributed by atoms with Crippen LogP contribution in [0, 0.1) is 6.92 Å². The van der Waals surface area contributed by atoms with E-state index in [0.717, 1.165) is 19.0 Å². The lowest BCUT2D eigenvalue weighted by Crippen LogP contribution is -2.36. The molecule has 3 nitrogen and oxygen atoms in total. The molecule has 0 spiro atoms. The first-order chi connectivity index (χ1) is 10.7. The van der Waals surface area contributed by atoms with Crippen molar-refractivity contribution in [3.8, 4) is 0 Å². The van der Waals surface area contributed by atoms with Crippen LogP contribution < -0.4 is 10.6 Å². The predicted octanol–water partition coefficient (Wildman–Crippen LogP) is 4.65. The Morgan fingerprint density at radius 2 is 1.87 bits per heavy atom. The Bertz CT molecular complexity index is 609. The van der Waals surface area contributed by atoms with E-state index in [0.29, 0.717) is 6.54 Å². The van der Waals surface area contributed by atoms with Crippen LogP contribution in [0.25, 0.3) is 0 Å². The molecule has 0 radical (unpaired) electrons. The number of nitrogens with zero attached hydrogens (tertiary/aromatic N) is 1. The van der Waals surface area contributed by atoms with E-state index in [1.807, 2.05) is 11.3 Å². The highest BCUT2D eigenvalue weighted by molar-refractivity contribution is 14.0. The molecule has 0 fully saturated rings. The quantitative estimate of drug-likeness (QED) is 0.285. The van der Waals surface area contributed by atoms with Gasteiger partial charge in [-0.05, 0) is 49.9 Å². The van der Waals surface area contributed by atoms with Crippen molar-refractivity contribution in [2.45, 2.75) is 31.8 Å². The van der Waals surface area contributed by atoms with Gasteiger partial charge >= 0.3 is 0 Å². The number of aryl methyl sites for hydroxylation is 1. The highest BCUT2D eigenvalue weighted by Crippen LogP contribution is 2.15. The molecule has 0 aliphatic rings. The minimum atomic E-state index is 0. The summed E-state index contributed by atoms with van der Waals surface area (Å²) in [4.78, 5) is 8.60. The fourth-order valence-corrected chi connectivity index (χ4v) is 3.23. The van der Waals surface area contributed by atoms with Crippen LogP contribution in [-0.2, 0) is 13.1 Å². The molecule has 1 aromatic heterocycles. The topological polar surface area (TPSA) is 36.4 Å². The zero-order valence-corrected chi connectivity index (χ0v) is 17.7. The molecule has 0 atom stereocenters. The molecule has 6 heteroatoms. The van der Waals surface area contributed by atoms with Crippen LogP contribution in [0.15, 0.2) is 46.3 Å². The molecule has 1 heterocycles. The summed E-state index contributed by atoms with van der Waals surface area (Å²) in [5, 5.41) is 6.68. The molecule has 23 heavy (non-hydrogen) atoms.